The molecule has 0 saturated heterocycles. The summed E-state index contributed by atoms with van der Waals surface area (Å²) in [5, 5.41) is 8.75. The number of halogens is 6. The summed E-state index contributed by atoms with van der Waals surface area (Å²) in [5.41, 5.74) is -3.34. The van der Waals surface area contributed by atoms with Gasteiger partial charge in [-0.2, -0.15) is 26.3 Å². The van der Waals surface area contributed by atoms with Crippen LogP contribution in [0.5, 0.6) is 17.2 Å². The van der Waals surface area contributed by atoms with Crippen LogP contribution in [0.15, 0.2) is 75.5 Å². The van der Waals surface area contributed by atoms with Crippen molar-refractivity contribution >= 4 is 38.5 Å². The second-order valence-electron chi connectivity index (χ2n) is 8.17. The lowest BCUT2D eigenvalue weighted by Crippen LogP contribution is -2.14. The number of rotatable bonds is 8. The number of carbonyl (C=O) groups is 1. The van der Waals surface area contributed by atoms with Crippen molar-refractivity contribution in [2.75, 3.05) is 12.9 Å². The largest absolute Gasteiger partial charge is 0.497 e. The number of thioether (sulfide) groups is 1. The summed E-state index contributed by atoms with van der Waals surface area (Å²) < 4.78 is 120. The number of methoxy groups -OCH3 is 1. The van der Waals surface area contributed by atoms with Crippen LogP contribution < -0.4 is 9.47 Å². The Morgan fingerprint density at radius 2 is 1.50 bits per heavy atom. The number of carboxylic acids is 1. The van der Waals surface area contributed by atoms with Gasteiger partial charge in [-0.25, -0.2) is 8.42 Å². The monoisotopic (exact) mass is 605 g/mol. The van der Waals surface area contributed by atoms with E-state index in [0.717, 1.165) is 18.3 Å². The molecule has 0 radical (unpaired) electrons. The molecule has 4 aromatic rings. The number of aromatic amines is 1. The molecule has 0 amide bonds. The van der Waals surface area contributed by atoms with Crippen LogP contribution in [0.4, 0.5) is 26.3 Å². The molecule has 7 nitrogen and oxygen atoms in total. The number of hydrogen-bond acceptors (Lipinski definition) is 6. The summed E-state index contributed by atoms with van der Waals surface area (Å²) in [6, 6.07) is 9.45. The van der Waals surface area contributed by atoms with E-state index >= 15 is 0 Å². The standard InChI is InChI=1S/C25H17F6NO6S2/c1-37-13-2-5-16(6-3-13)40(35,36)21-11-32-20-7-4-14(8-17(20)21)38-23-18(24(26,27)28)9-15(39-12-22(33)34)10-19(23)25(29,30)31/h2-11,32H,12H2,1H3,(H,33,34). The molecule has 2 N–H and O–H groups in total. The van der Waals surface area contributed by atoms with Crippen molar-refractivity contribution in [3.63, 3.8) is 0 Å². The molecule has 0 fully saturated rings. The van der Waals surface area contributed by atoms with Gasteiger partial charge in [0.2, 0.25) is 9.84 Å². The Bertz CT molecular complexity index is 1640. The summed E-state index contributed by atoms with van der Waals surface area (Å²) in [7, 11) is -2.78. The van der Waals surface area contributed by atoms with Crippen molar-refractivity contribution in [1.29, 1.82) is 0 Å². The highest BCUT2D eigenvalue weighted by atomic mass is 32.2. The highest BCUT2D eigenvalue weighted by molar-refractivity contribution is 8.00. The van der Waals surface area contributed by atoms with E-state index < -0.39 is 61.4 Å². The third kappa shape index (κ3) is 5.99. The number of alkyl halides is 6. The van der Waals surface area contributed by atoms with Gasteiger partial charge >= 0.3 is 18.3 Å². The normalized spacial score (nSPS) is 12.5. The molecule has 0 atom stereocenters. The molecule has 4 rings (SSSR count). The smallest absolute Gasteiger partial charge is 0.420 e. The number of H-pyrrole nitrogens is 1. The lowest BCUT2D eigenvalue weighted by atomic mass is 10.1. The molecule has 0 spiro atoms. The number of sulfone groups is 1. The molecule has 0 saturated carbocycles. The van der Waals surface area contributed by atoms with E-state index in [9.17, 15) is 39.6 Å². The van der Waals surface area contributed by atoms with E-state index in [-0.39, 0.29) is 32.5 Å². The van der Waals surface area contributed by atoms with Crippen molar-refractivity contribution in [1.82, 2.24) is 4.98 Å². The van der Waals surface area contributed by atoms with Crippen LogP contribution in [-0.4, -0.2) is 37.3 Å². The predicted molar refractivity (Wildman–Crippen MR) is 132 cm³/mol. The molecule has 40 heavy (non-hydrogen) atoms. The van der Waals surface area contributed by atoms with Gasteiger partial charge in [-0.3, -0.25) is 4.79 Å². The summed E-state index contributed by atoms with van der Waals surface area (Å²) in [6.45, 7) is 0. The van der Waals surface area contributed by atoms with Crippen molar-refractivity contribution < 1.29 is 54.1 Å². The molecule has 212 valence electrons. The maximum atomic E-state index is 13.9. The Balaban J connectivity index is 1.83. The van der Waals surface area contributed by atoms with Crippen LogP contribution in [0.2, 0.25) is 0 Å². The zero-order valence-electron chi connectivity index (χ0n) is 20.1. The van der Waals surface area contributed by atoms with Crippen molar-refractivity contribution in [3.8, 4) is 17.2 Å². The van der Waals surface area contributed by atoms with Gasteiger partial charge in [0.25, 0.3) is 0 Å². The number of nitrogens with one attached hydrogen (secondary N) is 1. The zero-order chi connectivity index (χ0) is 29.5. The molecular weight excluding hydrogens is 588 g/mol. The lowest BCUT2D eigenvalue weighted by molar-refractivity contribution is -0.145. The molecule has 1 aromatic heterocycles. The average molecular weight is 606 g/mol. The van der Waals surface area contributed by atoms with E-state index in [1.807, 2.05) is 0 Å². The molecule has 15 heteroatoms. The molecule has 0 aliphatic rings. The molecule has 1 heterocycles. The fourth-order valence-electron chi connectivity index (χ4n) is 3.72. The first-order valence-electron chi connectivity index (χ1n) is 11.0. The van der Waals surface area contributed by atoms with Gasteiger partial charge < -0.3 is 19.6 Å². The predicted octanol–water partition coefficient (Wildman–Crippen LogP) is 7.02. The van der Waals surface area contributed by atoms with E-state index in [1.165, 1.54) is 37.4 Å². The Hall–Kier alpha value is -3.85. The minimum Gasteiger partial charge on any atom is -0.497 e. The molecule has 0 aliphatic carbocycles. The average Bonchev–Trinajstić information content (AvgIpc) is 3.30. The fourth-order valence-corrected chi connectivity index (χ4v) is 5.83. The van der Waals surface area contributed by atoms with Gasteiger partial charge in [0.1, 0.15) is 11.5 Å². The van der Waals surface area contributed by atoms with Crippen LogP contribution in [0.25, 0.3) is 10.9 Å². The third-order valence-electron chi connectivity index (χ3n) is 5.53. The quantitative estimate of drug-likeness (QED) is 0.164. The maximum Gasteiger partial charge on any atom is 0.420 e. The van der Waals surface area contributed by atoms with Gasteiger partial charge in [-0.15, -0.1) is 11.8 Å². The molecular formula is C25H17F6NO6S2. The van der Waals surface area contributed by atoms with Crippen LogP contribution in [0.1, 0.15) is 11.1 Å². The van der Waals surface area contributed by atoms with Crippen LogP contribution >= 0.6 is 11.8 Å². The fraction of sp³-hybridized carbons (Fsp3) is 0.160. The van der Waals surface area contributed by atoms with E-state index in [2.05, 4.69) is 4.98 Å². The summed E-state index contributed by atoms with van der Waals surface area (Å²) in [5.74, 6) is -3.88. The molecule has 0 aliphatic heterocycles. The summed E-state index contributed by atoms with van der Waals surface area (Å²) in [4.78, 5) is 12.5. The lowest BCUT2D eigenvalue weighted by Gasteiger charge is -2.20. The van der Waals surface area contributed by atoms with Gasteiger partial charge in [0.05, 0.1) is 33.8 Å². The van der Waals surface area contributed by atoms with Gasteiger partial charge in [0, 0.05) is 22.0 Å². The Morgan fingerprint density at radius 3 is 2.02 bits per heavy atom. The summed E-state index contributed by atoms with van der Waals surface area (Å²) >= 11 is 0.278. The highest BCUT2D eigenvalue weighted by Crippen LogP contribution is 2.48. The number of fused-ring (bicyclic) bond motifs is 1. The molecule has 3 aromatic carbocycles. The minimum absolute atomic E-state index is 0.0379. The number of ether oxygens (including phenoxy) is 2. The van der Waals surface area contributed by atoms with Crippen molar-refractivity contribution in [3.05, 3.63) is 71.9 Å². The number of hydrogen-bond donors (Lipinski definition) is 2. The highest BCUT2D eigenvalue weighted by Gasteiger charge is 2.43. The minimum atomic E-state index is -5.31. The van der Waals surface area contributed by atoms with Crippen molar-refractivity contribution in [2.45, 2.75) is 27.0 Å². The second-order valence-corrected chi connectivity index (χ2v) is 11.1. The van der Waals surface area contributed by atoms with Gasteiger partial charge in [-0.05, 0) is 54.6 Å². The number of aromatic nitrogens is 1. The maximum absolute atomic E-state index is 13.9. The Kier molecular flexibility index (Phi) is 7.73. The first-order chi connectivity index (χ1) is 18.6. The van der Waals surface area contributed by atoms with Crippen LogP contribution in [0, 0.1) is 0 Å². The van der Waals surface area contributed by atoms with Crippen LogP contribution in [-0.2, 0) is 27.0 Å². The van der Waals surface area contributed by atoms with Gasteiger partial charge in [0.15, 0.2) is 5.75 Å². The first-order valence-corrected chi connectivity index (χ1v) is 13.4. The van der Waals surface area contributed by atoms with E-state index in [1.54, 1.807) is 0 Å². The zero-order valence-corrected chi connectivity index (χ0v) is 21.7. The molecule has 0 bridgehead atoms. The van der Waals surface area contributed by atoms with E-state index in [4.69, 9.17) is 14.6 Å². The van der Waals surface area contributed by atoms with E-state index in [0.29, 0.717) is 17.9 Å². The molecule has 0 unspecified atom stereocenters. The second kappa shape index (κ2) is 10.6. The Morgan fingerprint density at radius 1 is 0.925 bits per heavy atom. The summed E-state index contributed by atoms with van der Waals surface area (Å²) in [6.07, 6.45) is -9.48. The Labute approximate surface area is 226 Å². The SMILES string of the molecule is COc1ccc(S(=O)(=O)c2c[nH]c3ccc(Oc4c(C(F)(F)F)cc(SCC(=O)O)cc4C(F)(F)F)cc23)cc1. The number of benzene rings is 3. The number of carboxylic acid groups (broad SMARTS) is 1. The first kappa shape index (κ1) is 29.1. The topological polar surface area (TPSA) is 106 Å². The van der Waals surface area contributed by atoms with Gasteiger partial charge in [-0.1, -0.05) is 0 Å². The third-order valence-corrected chi connectivity index (χ3v) is 8.30. The number of aliphatic carboxylic acids is 1. The van der Waals surface area contributed by atoms with Crippen LogP contribution in [0.3, 0.4) is 0 Å². The van der Waals surface area contributed by atoms with Crippen molar-refractivity contribution in [2.24, 2.45) is 0 Å².